The molecule has 162 valence electrons. The average Bonchev–Trinajstić information content (AvgIpc) is 2.99. The Morgan fingerprint density at radius 3 is 2.57 bits per heavy atom. The van der Waals surface area contributed by atoms with Crippen molar-refractivity contribution >= 4 is 17.0 Å². The number of aromatic nitrogens is 2. The van der Waals surface area contributed by atoms with E-state index in [1.165, 1.54) is 19.3 Å². The van der Waals surface area contributed by atoms with Gasteiger partial charge in [0.05, 0.1) is 16.9 Å². The zero-order valence-corrected chi connectivity index (χ0v) is 18.8. The van der Waals surface area contributed by atoms with Crippen molar-refractivity contribution in [2.24, 2.45) is 0 Å². The first-order valence-corrected chi connectivity index (χ1v) is 11.1. The minimum Gasteiger partial charge on any atom is -0.444 e. The van der Waals surface area contributed by atoms with Crippen molar-refractivity contribution in [3.63, 3.8) is 0 Å². The molecule has 0 saturated heterocycles. The second-order valence-electron chi connectivity index (χ2n) is 10.1. The summed E-state index contributed by atoms with van der Waals surface area (Å²) in [5.41, 5.74) is 2.09. The SMILES string of the molecule is Cc1cc(C(C)NC(=O)OC(C)(C)C)c2nc3n(c(=O)c2c1)CCC31CCCCC1. The smallest absolute Gasteiger partial charge is 0.408 e. The first-order chi connectivity index (χ1) is 14.1. The molecule has 1 aliphatic carbocycles. The number of carbonyl (C=O) groups excluding carboxylic acids is 1. The summed E-state index contributed by atoms with van der Waals surface area (Å²) in [5, 5.41) is 3.56. The Bertz CT molecular complexity index is 1040. The summed E-state index contributed by atoms with van der Waals surface area (Å²) < 4.78 is 7.33. The molecule has 1 amide bonds. The molecule has 2 heterocycles. The van der Waals surface area contributed by atoms with Gasteiger partial charge in [0, 0.05) is 17.5 Å². The molecular formula is C24H33N3O3. The maximum absolute atomic E-state index is 13.4. The van der Waals surface area contributed by atoms with Crippen LogP contribution >= 0.6 is 0 Å². The molecule has 1 aromatic carbocycles. The molecule has 1 spiro atoms. The predicted molar refractivity (Wildman–Crippen MR) is 118 cm³/mol. The van der Waals surface area contributed by atoms with E-state index in [9.17, 15) is 9.59 Å². The van der Waals surface area contributed by atoms with Gasteiger partial charge < -0.3 is 10.1 Å². The van der Waals surface area contributed by atoms with Crippen molar-refractivity contribution in [1.82, 2.24) is 14.9 Å². The molecule has 1 atom stereocenters. The highest BCUT2D eigenvalue weighted by atomic mass is 16.6. The summed E-state index contributed by atoms with van der Waals surface area (Å²) in [5.74, 6) is 0.953. The van der Waals surface area contributed by atoms with Gasteiger partial charge in [0.2, 0.25) is 0 Å². The van der Waals surface area contributed by atoms with Crippen LogP contribution < -0.4 is 10.9 Å². The first-order valence-electron chi connectivity index (χ1n) is 11.1. The zero-order valence-electron chi connectivity index (χ0n) is 18.8. The van der Waals surface area contributed by atoms with Crippen LogP contribution in [0.4, 0.5) is 4.79 Å². The zero-order chi connectivity index (χ0) is 21.7. The van der Waals surface area contributed by atoms with E-state index in [0.29, 0.717) is 10.9 Å². The van der Waals surface area contributed by atoms with Crippen molar-refractivity contribution in [1.29, 1.82) is 0 Å². The van der Waals surface area contributed by atoms with Crippen LogP contribution in [0, 0.1) is 6.92 Å². The maximum Gasteiger partial charge on any atom is 0.408 e. The molecule has 0 bridgehead atoms. The lowest BCUT2D eigenvalue weighted by Gasteiger charge is -2.32. The minimum atomic E-state index is -0.566. The van der Waals surface area contributed by atoms with Gasteiger partial charge in [-0.25, -0.2) is 9.78 Å². The highest BCUT2D eigenvalue weighted by Gasteiger charge is 2.42. The number of rotatable bonds is 2. The van der Waals surface area contributed by atoms with Crippen LogP contribution in [0.15, 0.2) is 16.9 Å². The topological polar surface area (TPSA) is 73.2 Å². The Balaban J connectivity index is 1.79. The van der Waals surface area contributed by atoms with Crippen molar-refractivity contribution in [3.8, 4) is 0 Å². The van der Waals surface area contributed by atoms with E-state index in [4.69, 9.17) is 9.72 Å². The molecule has 6 heteroatoms. The number of hydrogen-bond acceptors (Lipinski definition) is 4. The fourth-order valence-electron chi connectivity index (χ4n) is 5.15. The van der Waals surface area contributed by atoms with Crippen molar-refractivity contribution in [2.75, 3.05) is 0 Å². The van der Waals surface area contributed by atoms with Crippen LogP contribution in [0.1, 0.15) is 89.2 Å². The van der Waals surface area contributed by atoms with Gasteiger partial charge in [0.25, 0.3) is 5.56 Å². The Kier molecular flexibility index (Phi) is 5.15. The van der Waals surface area contributed by atoms with Gasteiger partial charge in [-0.15, -0.1) is 0 Å². The molecule has 2 aromatic rings. The second-order valence-corrected chi connectivity index (χ2v) is 10.1. The Hall–Kier alpha value is -2.37. The molecule has 4 rings (SSSR count). The predicted octanol–water partition coefficient (Wildman–Crippen LogP) is 4.90. The summed E-state index contributed by atoms with van der Waals surface area (Å²) in [4.78, 5) is 30.8. The number of hydrogen-bond donors (Lipinski definition) is 1. The molecule has 30 heavy (non-hydrogen) atoms. The molecule has 6 nitrogen and oxygen atoms in total. The number of fused-ring (bicyclic) bond motifs is 3. The summed E-state index contributed by atoms with van der Waals surface area (Å²) >= 11 is 0. The summed E-state index contributed by atoms with van der Waals surface area (Å²) in [6.07, 6.45) is 6.42. The van der Waals surface area contributed by atoms with Crippen molar-refractivity contribution in [2.45, 2.75) is 96.7 Å². The molecule has 1 aliphatic heterocycles. The number of nitrogens with one attached hydrogen (secondary N) is 1. The fraction of sp³-hybridized carbons (Fsp3) is 0.625. The lowest BCUT2D eigenvalue weighted by molar-refractivity contribution is 0.0508. The molecule has 1 N–H and O–H groups in total. The van der Waals surface area contributed by atoms with Gasteiger partial charge in [0.1, 0.15) is 11.4 Å². The van der Waals surface area contributed by atoms with Crippen LogP contribution in [0.5, 0.6) is 0 Å². The molecule has 1 fully saturated rings. The lowest BCUT2D eigenvalue weighted by Crippen LogP contribution is -2.34. The first kappa shape index (κ1) is 20.9. The molecule has 1 saturated carbocycles. The van der Waals surface area contributed by atoms with E-state index in [0.717, 1.165) is 42.8 Å². The van der Waals surface area contributed by atoms with Gasteiger partial charge in [-0.05, 0) is 65.5 Å². The molecule has 2 aliphatic rings. The van der Waals surface area contributed by atoms with Gasteiger partial charge in [-0.3, -0.25) is 9.36 Å². The van der Waals surface area contributed by atoms with Crippen LogP contribution in [0.25, 0.3) is 10.9 Å². The van der Waals surface area contributed by atoms with E-state index >= 15 is 0 Å². The van der Waals surface area contributed by atoms with Crippen LogP contribution in [0.3, 0.4) is 0 Å². The van der Waals surface area contributed by atoms with E-state index in [2.05, 4.69) is 5.32 Å². The Morgan fingerprint density at radius 1 is 1.20 bits per heavy atom. The number of ether oxygens (including phenoxy) is 1. The highest BCUT2D eigenvalue weighted by Crippen LogP contribution is 2.45. The van der Waals surface area contributed by atoms with Gasteiger partial charge in [-0.2, -0.15) is 0 Å². The molecular weight excluding hydrogens is 378 g/mol. The molecule has 1 unspecified atom stereocenters. The van der Waals surface area contributed by atoms with E-state index in [1.807, 2.05) is 51.3 Å². The normalized spacial score (nSPS) is 19.0. The number of aryl methyl sites for hydroxylation is 1. The number of amides is 1. The van der Waals surface area contributed by atoms with Gasteiger partial charge >= 0.3 is 6.09 Å². The molecule has 1 aromatic heterocycles. The summed E-state index contributed by atoms with van der Waals surface area (Å²) in [6.45, 7) is 10.2. The van der Waals surface area contributed by atoms with Gasteiger partial charge in [0.15, 0.2) is 0 Å². The molecule has 0 radical (unpaired) electrons. The third kappa shape index (κ3) is 3.72. The van der Waals surface area contributed by atoms with Crippen LogP contribution in [-0.4, -0.2) is 21.2 Å². The van der Waals surface area contributed by atoms with Crippen LogP contribution in [0.2, 0.25) is 0 Å². The van der Waals surface area contributed by atoms with Crippen LogP contribution in [-0.2, 0) is 16.7 Å². The standard InChI is InChI=1S/C24H33N3O3/c1-15-13-17(16(2)25-22(29)30-23(3,4)5)19-18(14-15)20(28)27-12-11-24(21(27)26-19)9-7-6-8-10-24/h13-14,16H,6-12H2,1-5H3,(H,25,29). The van der Waals surface area contributed by atoms with Gasteiger partial charge in [-0.1, -0.05) is 25.3 Å². The third-order valence-corrected chi connectivity index (χ3v) is 6.53. The summed E-state index contributed by atoms with van der Waals surface area (Å²) in [6, 6.07) is 3.63. The minimum absolute atomic E-state index is 0.0373. The van der Waals surface area contributed by atoms with E-state index < -0.39 is 11.7 Å². The Morgan fingerprint density at radius 2 is 1.90 bits per heavy atom. The average molecular weight is 412 g/mol. The highest BCUT2D eigenvalue weighted by molar-refractivity contribution is 5.83. The number of carbonyl (C=O) groups is 1. The number of benzene rings is 1. The van der Waals surface area contributed by atoms with E-state index in [-0.39, 0.29) is 17.0 Å². The number of alkyl carbamates (subject to hydrolysis) is 1. The maximum atomic E-state index is 13.4. The van der Waals surface area contributed by atoms with Crippen molar-refractivity contribution in [3.05, 3.63) is 39.4 Å². The largest absolute Gasteiger partial charge is 0.444 e. The fourth-order valence-corrected chi connectivity index (χ4v) is 5.15. The number of nitrogens with zero attached hydrogens (tertiary/aromatic N) is 2. The third-order valence-electron chi connectivity index (χ3n) is 6.53. The van der Waals surface area contributed by atoms with E-state index in [1.54, 1.807) is 0 Å². The second kappa shape index (κ2) is 7.40. The van der Waals surface area contributed by atoms with Crippen molar-refractivity contribution < 1.29 is 9.53 Å². The lowest BCUT2D eigenvalue weighted by atomic mass is 9.72. The Labute approximate surface area is 178 Å². The monoisotopic (exact) mass is 411 g/mol. The quantitative estimate of drug-likeness (QED) is 0.763. The summed E-state index contributed by atoms with van der Waals surface area (Å²) in [7, 11) is 0.